The summed E-state index contributed by atoms with van der Waals surface area (Å²) >= 11 is 1.43. The monoisotopic (exact) mass is 374 g/mol. The standard InChI is InChI=1S/C19H22N2O4S/c22-17(20-10-4-7-15-5-2-1-3-6-15)13-25-18(23)8-11-21-19(24)16-9-12-26-14-16/h1-3,5-6,9,12,14H,4,7-8,10-11,13H2,(H,20,22)(H,21,24). The van der Waals surface area contributed by atoms with E-state index in [1.807, 2.05) is 35.7 Å². The summed E-state index contributed by atoms with van der Waals surface area (Å²) in [4.78, 5) is 34.9. The van der Waals surface area contributed by atoms with Crippen LogP contribution in [0.2, 0.25) is 0 Å². The van der Waals surface area contributed by atoms with Gasteiger partial charge >= 0.3 is 5.97 Å². The van der Waals surface area contributed by atoms with Gasteiger partial charge in [0.2, 0.25) is 0 Å². The Kier molecular flexibility index (Phi) is 8.35. The van der Waals surface area contributed by atoms with Gasteiger partial charge in [-0.1, -0.05) is 30.3 Å². The van der Waals surface area contributed by atoms with E-state index in [4.69, 9.17) is 4.74 Å². The molecule has 0 radical (unpaired) electrons. The van der Waals surface area contributed by atoms with Crippen LogP contribution in [0.4, 0.5) is 0 Å². The summed E-state index contributed by atoms with van der Waals surface area (Å²) in [6, 6.07) is 11.7. The van der Waals surface area contributed by atoms with Gasteiger partial charge in [-0.25, -0.2) is 0 Å². The number of hydrogen-bond acceptors (Lipinski definition) is 5. The first-order chi connectivity index (χ1) is 12.6. The van der Waals surface area contributed by atoms with Crippen molar-refractivity contribution in [3.05, 3.63) is 58.3 Å². The van der Waals surface area contributed by atoms with E-state index in [0.29, 0.717) is 12.1 Å². The maximum atomic E-state index is 11.7. The summed E-state index contributed by atoms with van der Waals surface area (Å²) in [5.41, 5.74) is 1.79. The summed E-state index contributed by atoms with van der Waals surface area (Å²) in [6.07, 6.45) is 1.72. The van der Waals surface area contributed by atoms with E-state index in [1.165, 1.54) is 16.9 Å². The van der Waals surface area contributed by atoms with Crippen molar-refractivity contribution >= 4 is 29.1 Å². The number of nitrogens with one attached hydrogen (secondary N) is 2. The van der Waals surface area contributed by atoms with E-state index in [1.54, 1.807) is 11.4 Å². The Balaban J connectivity index is 1.50. The van der Waals surface area contributed by atoms with E-state index in [9.17, 15) is 14.4 Å². The topological polar surface area (TPSA) is 84.5 Å². The molecule has 1 aromatic carbocycles. The summed E-state index contributed by atoms with van der Waals surface area (Å²) in [5, 5.41) is 8.88. The van der Waals surface area contributed by atoms with Crippen LogP contribution in [0.5, 0.6) is 0 Å². The molecule has 0 aliphatic heterocycles. The molecule has 1 aromatic heterocycles. The molecule has 138 valence electrons. The number of ether oxygens (including phenoxy) is 1. The molecule has 0 atom stereocenters. The first-order valence-corrected chi connectivity index (χ1v) is 9.36. The largest absolute Gasteiger partial charge is 0.456 e. The third kappa shape index (κ3) is 7.48. The molecule has 0 fully saturated rings. The van der Waals surface area contributed by atoms with Crippen molar-refractivity contribution < 1.29 is 19.1 Å². The van der Waals surface area contributed by atoms with Crippen LogP contribution in [0.15, 0.2) is 47.2 Å². The highest BCUT2D eigenvalue weighted by molar-refractivity contribution is 7.08. The van der Waals surface area contributed by atoms with Gasteiger partial charge in [0.15, 0.2) is 6.61 Å². The lowest BCUT2D eigenvalue weighted by molar-refractivity contribution is -0.148. The number of carbonyl (C=O) groups excluding carboxylic acids is 3. The average Bonchev–Trinajstić information content (AvgIpc) is 3.19. The molecule has 2 rings (SSSR count). The Morgan fingerprint density at radius 1 is 1.00 bits per heavy atom. The molecular formula is C19H22N2O4S. The highest BCUT2D eigenvalue weighted by Crippen LogP contribution is 2.05. The molecule has 26 heavy (non-hydrogen) atoms. The van der Waals surface area contributed by atoms with Crippen LogP contribution in [0.25, 0.3) is 0 Å². The normalized spacial score (nSPS) is 10.2. The third-order valence-electron chi connectivity index (χ3n) is 3.57. The number of aryl methyl sites for hydroxylation is 1. The fourth-order valence-electron chi connectivity index (χ4n) is 2.21. The van der Waals surface area contributed by atoms with E-state index in [2.05, 4.69) is 10.6 Å². The molecule has 0 aliphatic carbocycles. The second kappa shape index (κ2) is 11.0. The highest BCUT2D eigenvalue weighted by atomic mass is 32.1. The molecule has 0 bridgehead atoms. The van der Waals surface area contributed by atoms with Crippen molar-refractivity contribution in [3.63, 3.8) is 0 Å². The second-order valence-corrected chi connectivity index (χ2v) is 6.40. The fraction of sp³-hybridized carbons (Fsp3) is 0.316. The maximum absolute atomic E-state index is 11.7. The van der Waals surface area contributed by atoms with Crippen LogP contribution in [-0.2, 0) is 20.7 Å². The van der Waals surface area contributed by atoms with Gasteiger partial charge in [-0.3, -0.25) is 14.4 Å². The fourth-order valence-corrected chi connectivity index (χ4v) is 2.84. The van der Waals surface area contributed by atoms with Crippen molar-refractivity contribution in [2.24, 2.45) is 0 Å². The minimum absolute atomic E-state index is 0.0250. The van der Waals surface area contributed by atoms with Gasteiger partial charge < -0.3 is 15.4 Å². The predicted molar refractivity (Wildman–Crippen MR) is 100 cm³/mol. The molecule has 0 aliphatic rings. The van der Waals surface area contributed by atoms with Gasteiger partial charge in [-0.05, 0) is 29.9 Å². The minimum atomic E-state index is -0.518. The summed E-state index contributed by atoms with van der Waals surface area (Å²) < 4.78 is 4.89. The van der Waals surface area contributed by atoms with E-state index < -0.39 is 5.97 Å². The molecule has 7 heteroatoms. The van der Waals surface area contributed by atoms with E-state index in [-0.39, 0.29) is 31.4 Å². The number of carbonyl (C=O) groups is 3. The van der Waals surface area contributed by atoms with Crippen molar-refractivity contribution in [3.8, 4) is 0 Å². The predicted octanol–water partition coefficient (Wildman–Crippen LogP) is 2.16. The third-order valence-corrected chi connectivity index (χ3v) is 4.25. The maximum Gasteiger partial charge on any atom is 0.308 e. The van der Waals surface area contributed by atoms with Crippen LogP contribution in [-0.4, -0.2) is 37.5 Å². The summed E-state index contributed by atoms with van der Waals surface area (Å²) in [5.74, 6) is -1.07. The number of hydrogen-bond donors (Lipinski definition) is 2. The Hall–Kier alpha value is -2.67. The highest BCUT2D eigenvalue weighted by Gasteiger charge is 2.09. The molecule has 0 saturated heterocycles. The lowest BCUT2D eigenvalue weighted by Crippen LogP contribution is -2.31. The van der Waals surface area contributed by atoms with Crippen molar-refractivity contribution in [2.75, 3.05) is 19.7 Å². The minimum Gasteiger partial charge on any atom is -0.456 e. The smallest absolute Gasteiger partial charge is 0.308 e. The number of thiophene rings is 1. The first kappa shape index (κ1) is 19.7. The summed E-state index contributed by atoms with van der Waals surface area (Å²) in [6.45, 7) is 0.400. The zero-order valence-corrected chi connectivity index (χ0v) is 15.2. The Morgan fingerprint density at radius 3 is 2.54 bits per heavy atom. The van der Waals surface area contributed by atoms with Crippen LogP contribution in [0.3, 0.4) is 0 Å². The quantitative estimate of drug-likeness (QED) is 0.493. The van der Waals surface area contributed by atoms with Crippen molar-refractivity contribution in [1.29, 1.82) is 0 Å². The van der Waals surface area contributed by atoms with Gasteiger partial charge in [-0.15, -0.1) is 0 Å². The van der Waals surface area contributed by atoms with Crippen LogP contribution < -0.4 is 10.6 Å². The van der Waals surface area contributed by atoms with Crippen LogP contribution >= 0.6 is 11.3 Å². The number of benzene rings is 1. The second-order valence-electron chi connectivity index (χ2n) is 5.62. The number of esters is 1. The van der Waals surface area contributed by atoms with Crippen molar-refractivity contribution in [1.82, 2.24) is 10.6 Å². The number of rotatable bonds is 10. The molecule has 1 heterocycles. The SMILES string of the molecule is O=C(COC(=O)CCNC(=O)c1ccsc1)NCCCc1ccccc1. The van der Waals surface area contributed by atoms with Gasteiger partial charge in [0.1, 0.15) is 0 Å². The molecule has 0 saturated carbocycles. The summed E-state index contributed by atoms with van der Waals surface area (Å²) in [7, 11) is 0. The van der Waals surface area contributed by atoms with Crippen molar-refractivity contribution in [2.45, 2.75) is 19.3 Å². The molecule has 0 unspecified atom stereocenters. The van der Waals surface area contributed by atoms with Gasteiger partial charge in [0.05, 0.1) is 6.42 Å². The Bertz CT molecular complexity index is 702. The molecule has 6 nitrogen and oxygen atoms in total. The molecular weight excluding hydrogens is 352 g/mol. The van der Waals surface area contributed by atoms with Gasteiger partial charge in [0, 0.05) is 24.0 Å². The lowest BCUT2D eigenvalue weighted by Gasteiger charge is -2.07. The molecule has 0 spiro atoms. The zero-order chi connectivity index (χ0) is 18.6. The van der Waals surface area contributed by atoms with E-state index >= 15 is 0 Å². The number of amides is 2. The zero-order valence-electron chi connectivity index (χ0n) is 14.4. The lowest BCUT2D eigenvalue weighted by atomic mass is 10.1. The van der Waals surface area contributed by atoms with E-state index in [0.717, 1.165) is 12.8 Å². The Morgan fingerprint density at radius 2 is 1.81 bits per heavy atom. The average molecular weight is 374 g/mol. The van der Waals surface area contributed by atoms with Gasteiger partial charge in [-0.2, -0.15) is 11.3 Å². The van der Waals surface area contributed by atoms with Crippen LogP contribution in [0, 0.1) is 0 Å². The Labute approximate surface area is 156 Å². The van der Waals surface area contributed by atoms with Gasteiger partial charge in [0.25, 0.3) is 11.8 Å². The molecule has 2 N–H and O–H groups in total. The first-order valence-electron chi connectivity index (χ1n) is 8.42. The van der Waals surface area contributed by atoms with Crippen LogP contribution in [0.1, 0.15) is 28.8 Å². The molecule has 2 amide bonds. The molecule has 2 aromatic rings.